The first-order valence-electron chi connectivity index (χ1n) is 7.04. The summed E-state index contributed by atoms with van der Waals surface area (Å²) in [6, 6.07) is 5.67. The number of aromatic amines is 1. The number of amides is 1. The lowest BCUT2D eigenvalue weighted by molar-refractivity contribution is 0.0999. The first-order valence-corrected chi connectivity index (χ1v) is 9.69. The molecule has 0 bridgehead atoms. The third-order valence-corrected chi connectivity index (χ3v) is 6.40. The highest BCUT2D eigenvalue weighted by Crippen LogP contribution is 2.36. The topological polar surface area (TPSA) is 135 Å². The number of sulfonamides is 1. The maximum absolute atomic E-state index is 12.8. The normalized spacial score (nSPS) is 11.7. The third-order valence-electron chi connectivity index (χ3n) is 3.58. The summed E-state index contributed by atoms with van der Waals surface area (Å²) in [6.07, 6.45) is 0. The van der Waals surface area contributed by atoms with Crippen LogP contribution < -0.4 is 16.2 Å². The largest absolute Gasteiger partial charge is 0.417 e. The monoisotopic (exact) mass is 459 g/mol. The minimum absolute atomic E-state index is 0.0690. The Labute approximate surface area is 160 Å². The van der Waals surface area contributed by atoms with E-state index in [2.05, 4.69) is 25.6 Å². The van der Waals surface area contributed by atoms with Crippen LogP contribution in [-0.4, -0.2) is 19.3 Å². The summed E-state index contributed by atoms with van der Waals surface area (Å²) in [5.41, 5.74) is 6.43. The molecule has 8 nitrogen and oxygen atoms in total. The number of nitrogens with two attached hydrogens (primary N) is 1. The molecule has 1 aromatic heterocycles. The molecular formula is C15H11BrClN3O5S. The molecular weight excluding hydrogens is 450 g/mol. The van der Waals surface area contributed by atoms with Crippen molar-refractivity contribution in [2.24, 2.45) is 5.73 Å². The second-order valence-corrected chi connectivity index (χ2v) is 8.24. The number of aromatic nitrogens is 1. The Morgan fingerprint density at radius 1 is 1.35 bits per heavy atom. The van der Waals surface area contributed by atoms with Crippen LogP contribution in [0.4, 0.5) is 5.69 Å². The fourth-order valence-electron chi connectivity index (χ4n) is 2.46. The van der Waals surface area contributed by atoms with Gasteiger partial charge in [-0.15, -0.1) is 0 Å². The Balaban J connectivity index is 2.09. The second-order valence-electron chi connectivity index (χ2n) is 5.39. The van der Waals surface area contributed by atoms with E-state index in [1.807, 2.05) is 0 Å². The molecule has 1 heterocycles. The lowest BCUT2D eigenvalue weighted by Gasteiger charge is -2.12. The molecule has 0 spiro atoms. The van der Waals surface area contributed by atoms with E-state index >= 15 is 0 Å². The van der Waals surface area contributed by atoms with Gasteiger partial charge in [-0.2, -0.15) is 0 Å². The van der Waals surface area contributed by atoms with Gasteiger partial charge in [-0.3, -0.25) is 14.5 Å². The summed E-state index contributed by atoms with van der Waals surface area (Å²) in [5, 5.41) is -0.245. The van der Waals surface area contributed by atoms with Crippen molar-refractivity contribution in [3.05, 3.63) is 55.4 Å². The number of benzene rings is 2. The lowest BCUT2D eigenvalue weighted by atomic mass is 10.1. The van der Waals surface area contributed by atoms with Gasteiger partial charge in [-0.05, 0) is 52.7 Å². The van der Waals surface area contributed by atoms with Gasteiger partial charge in [0, 0.05) is 15.7 Å². The molecule has 0 fully saturated rings. The summed E-state index contributed by atoms with van der Waals surface area (Å²) in [7, 11) is -4.13. The molecule has 26 heavy (non-hydrogen) atoms. The van der Waals surface area contributed by atoms with Crippen LogP contribution in [0.25, 0.3) is 11.1 Å². The van der Waals surface area contributed by atoms with Crippen molar-refractivity contribution in [2.75, 3.05) is 4.72 Å². The average molecular weight is 461 g/mol. The van der Waals surface area contributed by atoms with Crippen LogP contribution in [0.1, 0.15) is 15.9 Å². The summed E-state index contributed by atoms with van der Waals surface area (Å²) >= 11 is 9.29. The molecule has 0 saturated carbocycles. The van der Waals surface area contributed by atoms with Gasteiger partial charge in [0.2, 0.25) is 5.91 Å². The predicted molar refractivity (Wildman–Crippen MR) is 100 cm³/mol. The summed E-state index contributed by atoms with van der Waals surface area (Å²) in [4.78, 5) is 24.7. The van der Waals surface area contributed by atoms with Crippen LogP contribution in [0.5, 0.6) is 0 Å². The number of oxazole rings is 1. The summed E-state index contributed by atoms with van der Waals surface area (Å²) in [5.74, 6) is -1.37. The number of hydrogen-bond acceptors (Lipinski definition) is 5. The third kappa shape index (κ3) is 3.22. The van der Waals surface area contributed by atoms with E-state index < -0.39 is 21.7 Å². The van der Waals surface area contributed by atoms with E-state index in [9.17, 15) is 18.0 Å². The zero-order chi connectivity index (χ0) is 19.2. The number of halogens is 2. The lowest BCUT2D eigenvalue weighted by Crippen LogP contribution is -2.16. The van der Waals surface area contributed by atoms with Crippen molar-refractivity contribution >= 4 is 60.2 Å². The highest BCUT2D eigenvalue weighted by Gasteiger charge is 2.26. The summed E-state index contributed by atoms with van der Waals surface area (Å²) in [6.45, 7) is 1.63. The second kappa shape index (κ2) is 6.45. The fourth-order valence-corrected chi connectivity index (χ4v) is 5.37. The molecule has 11 heteroatoms. The quantitative estimate of drug-likeness (QED) is 0.550. The number of primary amides is 1. The van der Waals surface area contributed by atoms with Gasteiger partial charge < -0.3 is 10.2 Å². The van der Waals surface area contributed by atoms with E-state index in [-0.39, 0.29) is 36.7 Å². The molecule has 1 amide bonds. The molecule has 0 aliphatic rings. The molecule has 3 aromatic rings. The minimum atomic E-state index is -4.13. The van der Waals surface area contributed by atoms with Crippen LogP contribution in [-0.2, 0) is 10.0 Å². The average Bonchev–Trinajstić information content (AvgIpc) is 2.86. The molecule has 3 rings (SSSR count). The van der Waals surface area contributed by atoms with Gasteiger partial charge in [0.05, 0.1) is 5.52 Å². The van der Waals surface area contributed by atoms with Gasteiger partial charge in [0.25, 0.3) is 10.0 Å². The van der Waals surface area contributed by atoms with Crippen molar-refractivity contribution in [3.8, 4) is 0 Å². The Morgan fingerprint density at radius 3 is 2.65 bits per heavy atom. The first kappa shape index (κ1) is 18.5. The number of carbonyl (C=O) groups excluding carboxylic acids is 1. The number of fused-ring (bicyclic) bond motifs is 1. The first-order chi connectivity index (χ1) is 12.1. The van der Waals surface area contributed by atoms with E-state index in [0.717, 1.165) is 0 Å². The Morgan fingerprint density at radius 2 is 2.04 bits per heavy atom. The SMILES string of the molecule is Cc1cc(NS(=O)(=O)c2c(Br)cc3[nH]c(=O)oc3c2Cl)ccc1C(N)=O. The molecule has 0 radical (unpaired) electrons. The Kier molecular flexibility index (Phi) is 4.59. The molecule has 0 aliphatic heterocycles. The van der Waals surface area contributed by atoms with E-state index in [1.54, 1.807) is 6.92 Å². The number of hydrogen-bond donors (Lipinski definition) is 3. The van der Waals surface area contributed by atoms with Crippen LogP contribution in [0.3, 0.4) is 0 Å². The smallest absolute Gasteiger partial charge is 0.406 e. The molecule has 0 aliphatic carbocycles. The van der Waals surface area contributed by atoms with Gasteiger partial charge in [-0.25, -0.2) is 13.2 Å². The number of anilines is 1. The van der Waals surface area contributed by atoms with Gasteiger partial charge >= 0.3 is 5.76 Å². The molecule has 136 valence electrons. The van der Waals surface area contributed by atoms with Crippen LogP contribution in [0, 0.1) is 6.92 Å². The Bertz CT molecular complexity index is 1220. The maximum Gasteiger partial charge on any atom is 0.417 e. The zero-order valence-corrected chi connectivity index (χ0v) is 16.3. The standard InChI is InChI=1S/C15H11BrClN3O5S/c1-6-4-7(2-3-8(6)14(18)21)20-26(23,24)13-9(16)5-10-12(11(13)17)25-15(22)19-10/h2-5,20H,1H3,(H2,18,21)(H,19,22). The number of nitrogens with one attached hydrogen (secondary N) is 2. The minimum Gasteiger partial charge on any atom is -0.406 e. The molecule has 0 atom stereocenters. The molecule has 2 aromatic carbocycles. The van der Waals surface area contributed by atoms with Gasteiger partial charge in [-0.1, -0.05) is 11.6 Å². The molecule has 4 N–H and O–H groups in total. The highest BCUT2D eigenvalue weighted by atomic mass is 79.9. The van der Waals surface area contributed by atoms with Crippen LogP contribution in [0.15, 0.2) is 42.8 Å². The van der Waals surface area contributed by atoms with Crippen molar-refractivity contribution < 1.29 is 17.6 Å². The number of H-pyrrole nitrogens is 1. The summed E-state index contributed by atoms with van der Waals surface area (Å²) < 4.78 is 33.0. The number of aryl methyl sites for hydroxylation is 1. The van der Waals surface area contributed by atoms with Crippen LogP contribution in [0.2, 0.25) is 5.02 Å². The van der Waals surface area contributed by atoms with Crippen LogP contribution >= 0.6 is 27.5 Å². The highest BCUT2D eigenvalue weighted by molar-refractivity contribution is 9.10. The number of rotatable bonds is 4. The maximum atomic E-state index is 12.8. The van der Waals surface area contributed by atoms with Gasteiger partial charge in [0.15, 0.2) is 5.58 Å². The van der Waals surface area contributed by atoms with E-state index in [4.69, 9.17) is 21.8 Å². The van der Waals surface area contributed by atoms with Crippen molar-refractivity contribution in [3.63, 3.8) is 0 Å². The molecule has 0 unspecified atom stereocenters. The van der Waals surface area contributed by atoms with E-state index in [1.165, 1.54) is 24.3 Å². The zero-order valence-electron chi connectivity index (χ0n) is 13.1. The van der Waals surface area contributed by atoms with E-state index in [0.29, 0.717) is 5.56 Å². The molecule has 0 saturated heterocycles. The Hall–Kier alpha value is -2.30. The fraction of sp³-hybridized carbons (Fsp3) is 0.0667. The van der Waals surface area contributed by atoms with Crippen molar-refractivity contribution in [1.82, 2.24) is 4.98 Å². The van der Waals surface area contributed by atoms with Crippen molar-refractivity contribution in [2.45, 2.75) is 11.8 Å². The van der Waals surface area contributed by atoms with Crippen molar-refractivity contribution in [1.29, 1.82) is 0 Å². The number of carbonyl (C=O) groups is 1. The predicted octanol–water partition coefficient (Wildman–Crippen LogP) is 2.75. The van der Waals surface area contributed by atoms with Gasteiger partial charge in [0.1, 0.15) is 9.92 Å².